The third kappa shape index (κ3) is 1.68. The van der Waals surface area contributed by atoms with E-state index in [1.807, 2.05) is 19.1 Å². The van der Waals surface area contributed by atoms with Crippen molar-refractivity contribution in [2.24, 2.45) is 0 Å². The van der Waals surface area contributed by atoms with Crippen molar-refractivity contribution < 1.29 is 14.5 Å². The van der Waals surface area contributed by atoms with Crippen molar-refractivity contribution in [1.82, 2.24) is 0 Å². The number of hydrogen-bond acceptors (Lipinski definition) is 2. The van der Waals surface area contributed by atoms with Gasteiger partial charge in [-0.2, -0.15) is 4.99 Å². The number of hydrogen-bond donors (Lipinski definition) is 1. The molecule has 1 N–H and O–H groups in total. The fraction of sp³-hybridized carbons (Fsp3) is 0.167. The zero-order valence-electron chi connectivity index (χ0n) is 8.54. The molecular formula is C12H12NO2+. The van der Waals surface area contributed by atoms with Crippen LogP contribution in [0.3, 0.4) is 0 Å². The van der Waals surface area contributed by atoms with E-state index in [4.69, 9.17) is 4.74 Å². The smallest absolute Gasteiger partial charge is 0.370 e. The van der Waals surface area contributed by atoms with Gasteiger partial charge in [0.25, 0.3) is 0 Å². The molecule has 0 aromatic heterocycles. The second-order valence-corrected chi connectivity index (χ2v) is 3.27. The van der Waals surface area contributed by atoms with Crippen LogP contribution in [0.5, 0.6) is 0 Å². The van der Waals surface area contributed by atoms with Gasteiger partial charge in [0.15, 0.2) is 0 Å². The number of ketones is 1. The van der Waals surface area contributed by atoms with Crippen LogP contribution in [0.4, 0.5) is 0 Å². The first-order valence-electron chi connectivity index (χ1n) is 4.83. The molecule has 0 spiro atoms. The summed E-state index contributed by atoms with van der Waals surface area (Å²) in [7, 11) is 0. The van der Waals surface area contributed by atoms with Gasteiger partial charge in [0, 0.05) is 5.22 Å². The van der Waals surface area contributed by atoms with Gasteiger partial charge in [-0.3, -0.25) is 4.79 Å². The van der Waals surface area contributed by atoms with Crippen molar-refractivity contribution in [3.05, 3.63) is 46.3 Å². The van der Waals surface area contributed by atoms with Gasteiger partial charge in [-0.15, -0.1) is 0 Å². The molecule has 0 radical (unpaired) electrons. The van der Waals surface area contributed by atoms with E-state index in [-0.39, 0.29) is 5.78 Å². The molecule has 0 fully saturated rings. The van der Waals surface area contributed by atoms with Crippen LogP contribution in [-0.4, -0.2) is 12.4 Å². The number of carbonyl (C=O) groups is 1. The molecule has 0 saturated heterocycles. The molecule has 0 bridgehead atoms. The minimum atomic E-state index is -0.0438. The Morgan fingerprint density at radius 1 is 1.47 bits per heavy atom. The maximum absolute atomic E-state index is 11.7. The Bertz CT molecular complexity index is 543. The lowest BCUT2D eigenvalue weighted by atomic mass is 10.1. The number of nitrogens with one attached hydrogen (secondary N) is 1. The Kier molecular flexibility index (Phi) is 2.37. The molecule has 1 aromatic carbocycles. The van der Waals surface area contributed by atoms with Gasteiger partial charge < -0.3 is 4.74 Å². The molecule has 3 nitrogen and oxygen atoms in total. The van der Waals surface area contributed by atoms with Crippen LogP contribution >= 0.6 is 0 Å². The predicted molar refractivity (Wildman–Crippen MR) is 55.3 cm³/mol. The average Bonchev–Trinajstić information content (AvgIpc) is 2.20. The highest BCUT2D eigenvalue weighted by molar-refractivity contribution is 6.04. The lowest BCUT2D eigenvalue weighted by molar-refractivity contribution is -0.483. The minimum Gasteiger partial charge on any atom is -0.445 e. The Morgan fingerprint density at radius 3 is 3.00 bits per heavy atom. The maximum Gasteiger partial charge on any atom is 0.370 e. The van der Waals surface area contributed by atoms with Gasteiger partial charge in [-0.25, -0.2) is 0 Å². The molecule has 0 saturated carbocycles. The monoisotopic (exact) mass is 202 g/mol. The first-order chi connectivity index (χ1) is 7.22. The number of benzene rings is 1. The summed E-state index contributed by atoms with van der Waals surface area (Å²) in [6.07, 6.45) is 1.46. The molecule has 1 heterocycles. The second kappa shape index (κ2) is 3.69. The highest BCUT2D eigenvalue weighted by atomic mass is 16.5. The number of fused-ring (bicyclic) bond motifs is 1. The molecule has 0 amide bonds. The van der Waals surface area contributed by atoms with Gasteiger partial charge in [0.1, 0.15) is 0 Å². The summed E-state index contributed by atoms with van der Waals surface area (Å²) in [5, 5.41) is 1.54. The SMILES string of the molecule is C=c1cccc2c1=[NH+]C(OCC)=CC2=O. The van der Waals surface area contributed by atoms with Crippen molar-refractivity contribution in [3.63, 3.8) is 0 Å². The van der Waals surface area contributed by atoms with Crippen molar-refractivity contribution in [1.29, 1.82) is 0 Å². The van der Waals surface area contributed by atoms with Crippen LogP contribution in [0.2, 0.25) is 0 Å². The molecular weight excluding hydrogens is 190 g/mol. The van der Waals surface area contributed by atoms with Crippen molar-refractivity contribution in [2.45, 2.75) is 6.92 Å². The van der Waals surface area contributed by atoms with E-state index < -0.39 is 0 Å². The lowest BCUT2D eigenvalue weighted by Crippen LogP contribution is -2.80. The van der Waals surface area contributed by atoms with Crippen LogP contribution < -0.4 is 15.6 Å². The number of rotatable bonds is 2. The molecule has 1 aliphatic heterocycles. The summed E-state index contributed by atoms with van der Waals surface area (Å²) in [4.78, 5) is 14.8. The van der Waals surface area contributed by atoms with Crippen LogP contribution in [0.25, 0.3) is 6.58 Å². The van der Waals surface area contributed by atoms with Crippen molar-refractivity contribution in [2.75, 3.05) is 6.61 Å². The summed E-state index contributed by atoms with van der Waals surface area (Å²) in [5.41, 5.74) is 0.644. The summed E-state index contributed by atoms with van der Waals surface area (Å²) < 4.78 is 5.27. The van der Waals surface area contributed by atoms with E-state index in [2.05, 4.69) is 11.6 Å². The van der Waals surface area contributed by atoms with E-state index in [1.165, 1.54) is 6.08 Å². The van der Waals surface area contributed by atoms with Crippen molar-refractivity contribution >= 4 is 12.4 Å². The number of allylic oxidation sites excluding steroid dienone is 1. The molecule has 0 aliphatic carbocycles. The highest BCUT2D eigenvalue weighted by Gasteiger charge is 2.19. The molecule has 3 heteroatoms. The Balaban J connectivity index is 2.65. The third-order valence-corrected chi connectivity index (χ3v) is 2.23. The normalized spacial score (nSPS) is 13.9. The van der Waals surface area contributed by atoms with Crippen LogP contribution in [0.15, 0.2) is 30.2 Å². The molecule has 1 aromatic rings. The fourth-order valence-electron chi connectivity index (χ4n) is 1.54. The van der Waals surface area contributed by atoms with Gasteiger partial charge >= 0.3 is 5.88 Å². The van der Waals surface area contributed by atoms with Gasteiger partial charge in [0.05, 0.1) is 18.2 Å². The zero-order valence-corrected chi connectivity index (χ0v) is 8.54. The van der Waals surface area contributed by atoms with E-state index >= 15 is 0 Å². The lowest BCUT2D eigenvalue weighted by Gasteiger charge is -2.02. The number of ether oxygens (including phenoxy) is 1. The van der Waals surface area contributed by atoms with Gasteiger partial charge in [-0.05, 0) is 19.1 Å². The van der Waals surface area contributed by atoms with E-state index in [0.29, 0.717) is 18.1 Å². The van der Waals surface area contributed by atoms with Gasteiger partial charge in [-0.1, -0.05) is 12.6 Å². The summed E-state index contributed by atoms with van der Waals surface area (Å²) in [5.74, 6) is 0.448. The average molecular weight is 202 g/mol. The minimum absolute atomic E-state index is 0.0438. The highest BCUT2D eigenvalue weighted by Crippen LogP contribution is 1.97. The third-order valence-electron chi connectivity index (χ3n) is 2.23. The second-order valence-electron chi connectivity index (χ2n) is 3.27. The van der Waals surface area contributed by atoms with E-state index in [0.717, 1.165) is 10.6 Å². The summed E-state index contributed by atoms with van der Waals surface area (Å²) in [6.45, 7) is 6.27. The molecule has 0 unspecified atom stereocenters. The zero-order chi connectivity index (χ0) is 10.8. The summed E-state index contributed by atoms with van der Waals surface area (Å²) >= 11 is 0. The predicted octanol–water partition coefficient (Wildman–Crippen LogP) is -1.13. The summed E-state index contributed by atoms with van der Waals surface area (Å²) in [6, 6.07) is 5.45. The first kappa shape index (κ1) is 9.65. The fourth-order valence-corrected chi connectivity index (χ4v) is 1.54. The van der Waals surface area contributed by atoms with Crippen LogP contribution in [-0.2, 0) is 4.74 Å². The molecule has 0 atom stereocenters. The van der Waals surface area contributed by atoms with Crippen LogP contribution in [0.1, 0.15) is 17.3 Å². The quantitative estimate of drug-likeness (QED) is 0.659. The number of para-hydroxylation sites is 1. The Morgan fingerprint density at radius 2 is 2.27 bits per heavy atom. The van der Waals surface area contributed by atoms with Crippen molar-refractivity contribution in [3.8, 4) is 0 Å². The Hall–Kier alpha value is -1.90. The molecule has 2 rings (SSSR count). The standard InChI is InChI=1S/C12H11NO2/c1-3-15-11-7-10(14)9-6-4-5-8(2)12(9)13-11/h4-7H,2-3H2,1H3/p+1. The Labute approximate surface area is 87.4 Å². The largest absolute Gasteiger partial charge is 0.445 e. The van der Waals surface area contributed by atoms with Crippen LogP contribution in [0, 0.1) is 0 Å². The van der Waals surface area contributed by atoms with E-state index in [9.17, 15) is 4.79 Å². The maximum atomic E-state index is 11.7. The topological polar surface area (TPSA) is 40.3 Å². The number of carbonyl (C=O) groups excluding carboxylic acids is 1. The molecule has 76 valence electrons. The molecule has 1 aliphatic rings. The van der Waals surface area contributed by atoms with Gasteiger partial charge in [0.2, 0.25) is 11.1 Å². The first-order valence-corrected chi connectivity index (χ1v) is 4.83. The molecule has 15 heavy (non-hydrogen) atoms. The van der Waals surface area contributed by atoms with E-state index in [1.54, 1.807) is 6.07 Å².